The molecule has 224 valence electrons. The van der Waals surface area contributed by atoms with E-state index in [1.807, 2.05) is 30.3 Å². The minimum atomic E-state index is -4.94. The second kappa shape index (κ2) is 19.2. The molecule has 0 bridgehead atoms. The Morgan fingerprint density at radius 2 is 1.26 bits per heavy atom. The summed E-state index contributed by atoms with van der Waals surface area (Å²) in [5, 5.41) is 24.8. The van der Waals surface area contributed by atoms with Crippen LogP contribution in [0.15, 0.2) is 30.3 Å². The number of carbonyl (C=O) groups is 1. The van der Waals surface area contributed by atoms with Crippen molar-refractivity contribution in [3.05, 3.63) is 35.9 Å². The molecule has 0 unspecified atom stereocenters. The average molecular weight is 607 g/mol. The summed E-state index contributed by atoms with van der Waals surface area (Å²) in [6.07, 6.45) is 2.61. The summed E-state index contributed by atoms with van der Waals surface area (Å²) in [5.74, 6) is -1.21. The van der Waals surface area contributed by atoms with Crippen LogP contribution in [0.25, 0.3) is 0 Å². The average Bonchev–Trinajstić information content (AvgIpc) is 2.73. The third-order valence-electron chi connectivity index (χ3n) is 5.68. The number of carbonyl (C=O) groups excluding carboxylic acids is 1. The molecule has 0 radical (unpaired) electrons. The summed E-state index contributed by atoms with van der Waals surface area (Å²) in [7, 11) is -4.94. The van der Waals surface area contributed by atoms with Gasteiger partial charge in [-0.15, -0.1) is 10.2 Å². The Morgan fingerprint density at radius 1 is 0.895 bits per heavy atom. The Hall–Kier alpha value is -0.886. The number of carboxylic acid groups (broad SMARTS) is 1. The Morgan fingerprint density at radius 3 is 1.61 bits per heavy atom. The molecule has 0 spiro atoms. The number of rotatable bonds is 3. The second-order valence-corrected chi connectivity index (χ2v) is 11.5. The Labute approximate surface area is 240 Å². The Kier molecular flexibility index (Phi) is 19.9. The smallest absolute Gasteiger partial charge is 0.548 e. The Bertz CT molecular complexity index is 722. The van der Waals surface area contributed by atoms with E-state index in [4.69, 9.17) is 24.4 Å². The minimum absolute atomic E-state index is 0. The molecule has 1 saturated heterocycles. The number of nitrogens with two attached hydrogens (primary N) is 1. The van der Waals surface area contributed by atoms with Crippen LogP contribution in [0.1, 0.15) is 59.9 Å². The maximum absolute atomic E-state index is 10.3. The molecular formula is C25H46ClN5NiO6. The standard InChI is InChI=1S/C16H36N4.C9H11NO2.ClHO4.Ni/c1-13-11-15(3,4)19-10-8-18-14(2)12-16(5,6)20-9-7-17-13;10-8(9(11)12)6-7-4-2-1-3-5-7;2-1(3,4)5;/h13-14,17-20H,7-12H2,1-6H3;1-5,8H,6,10H2,(H,11,12);(H,2,3,4,5);/q;;;+2/p-2/t13-,14-;8-;;/m11../s1. The molecule has 0 amide bonds. The van der Waals surface area contributed by atoms with Gasteiger partial charge >= 0.3 is 16.5 Å². The van der Waals surface area contributed by atoms with E-state index >= 15 is 0 Å². The maximum atomic E-state index is 10.3. The van der Waals surface area contributed by atoms with Crippen LogP contribution in [0.3, 0.4) is 0 Å². The zero-order valence-electron chi connectivity index (χ0n) is 23.3. The van der Waals surface area contributed by atoms with Gasteiger partial charge in [-0.3, -0.25) is 0 Å². The number of aliphatic carboxylic acids is 1. The van der Waals surface area contributed by atoms with Crippen molar-refractivity contribution in [3.8, 4) is 0 Å². The van der Waals surface area contributed by atoms with Gasteiger partial charge in [-0.2, -0.15) is 0 Å². The number of nitrogens with one attached hydrogen (secondary N) is 4. The van der Waals surface area contributed by atoms with E-state index in [1.54, 1.807) is 0 Å². The van der Waals surface area contributed by atoms with Crippen molar-refractivity contribution in [2.24, 2.45) is 5.73 Å². The molecular weight excluding hydrogens is 560 g/mol. The van der Waals surface area contributed by atoms with Crippen molar-refractivity contribution in [1.29, 1.82) is 0 Å². The molecule has 1 aromatic carbocycles. The molecule has 1 heterocycles. The quantitative estimate of drug-likeness (QED) is 0.210. The van der Waals surface area contributed by atoms with Crippen molar-refractivity contribution >= 4 is 5.97 Å². The van der Waals surface area contributed by atoms with Crippen molar-refractivity contribution < 1.29 is 55.3 Å². The van der Waals surface area contributed by atoms with Gasteiger partial charge in [0.15, 0.2) is 0 Å². The normalized spacial score (nSPS) is 23.0. The van der Waals surface area contributed by atoms with Crippen molar-refractivity contribution in [2.45, 2.75) is 90.0 Å². The summed E-state index contributed by atoms with van der Waals surface area (Å²) >= 11 is 0. The molecule has 1 aliphatic rings. The van der Waals surface area contributed by atoms with Crippen LogP contribution in [0.4, 0.5) is 0 Å². The molecule has 0 aliphatic carbocycles. The van der Waals surface area contributed by atoms with Gasteiger partial charge in [-0.1, -0.05) is 30.3 Å². The first kappa shape index (κ1) is 39.3. The van der Waals surface area contributed by atoms with E-state index < -0.39 is 22.3 Å². The zero-order chi connectivity index (χ0) is 28.7. The zero-order valence-corrected chi connectivity index (χ0v) is 25.0. The predicted molar refractivity (Wildman–Crippen MR) is 131 cm³/mol. The summed E-state index contributed by atoms with van der Waals surface area (Å²) in [6.45, 7) is 17.8. The maximum Gasteiger partial charge on any atom is 2.00 e. The van der Waals surface area contributed by atoms with Gasteiger partial charge in [0.25, 0.3) is 0 Å². The first-order valence-corrected chi connectivity index (χ1v) is 13.7. The van der Waals surface area contributed by atoms with Gasteiger partial charge in [0.2, 0.25) is 0 Å². The van der Waals surface area contributed by atoms with Gasteiger partial charge in [-0.25, -0.2) is 18.6 Å². The largest absolute Gasteiger partial charge is 2.00 e. The van der Waals surface area contributed by atoms with Crippen molar-refractivity contribution in [3.63, 3.8) is 0 Å². The fourth-order valence-corrected chi connectivity index (χ4v) is 4.21. The van der Waals surface area contributed by atoms with Gasteiger partial charge in [-0.05, 0) is 66.4 Å². The van der Waals surface area contributed by atoms with E-state index in [-0.39, 0.29) is 27.6 Å². The van der Waals surface area contributed by atoms with E-state index in [1.165, 1.54) is 0 Å². The van der Waals surface area contributed by atoms with Gasteiger partial charge in [0, 0.05) is 55.4 Å². The van der Waals surface area contributed by atoms with Crippen molar-refractivity contribution in [1.82, 2.24) is 21.3 Å². The van der Waals surface area contributed by atoms with Crippen LogP contribution in [-0.4, -0.2) is 61.4 Å². The summed E-state index contributed by atoms with van der Waals surface area (Å²) in [5.41, 5.74) is 6.58. The SMILES string of the molecule is C[C@@H]1CC(C)(C)NCCN[C@H](C)CC(C)(C)NCCN1.N[C@H](Cc1ccccc1)C(=O)[O-].[Ni+2].[O-][Cl+3]([O-])([O-])[O-]. The Balaban J connectivity index is 0. The van der Waals surface area contributed by atoms with Gasteiger partial charge in [0.1, 0.15) is 0 Å². The van der Waals surface area contributed by atoms with Crippen LogP contribution < -0.4 is 50.7 Å². The van der Waals surface area contributed by atoms with Gasteiger partial charge < -0.3 is 36.9 Å². The molecule has 38 heavy (non-hydrogen) atoms. The van der Waals surface area contributed by atoms with Crippen LogP contribution in [0.5, 0.6) is 0 Å². The van der Waals surface area contributed by atoms with E-state index in [0.29, 0.717) is 18.5 Å². The third-order valence-corrected chi connectivity index (χ3v) is 5.68. The molecule has 6 N–H and O–H groups in total. The fraction of sp³-hybridized carbons (Fsp3) is 0.720. The number of carboxylic acids is 1. The molecule has 13 heteroatoms. The minimum Gasteiger partial charge on any atom is -0.548 e. The molecule has 0 saturated carbocycles. The number of halogens is 1. The first-order chi connectivity index (χ1) is 16.9. The van der Waals surface area contributed by atoms with Crippen LogP contribution in [0, 0.1) is 10.2 Å². The molecule has 2 rings (SSSR count). The fourth-order valence-electron chi connectivity index (χ4n) is 4.21. The second-order valence-electron chi connectivity index (χ2n) is 10.7. The summed E-state index contributed by atoms with van der Waals surface area (Å²) < 4.78 is 34.0. The van der Waals surface area contributed by atoms with Gasteiger partial charge in [0.05, 0.1) is 5.97 Å². The molecule has 3 atom stereocenters. The molecule has 0 aromatic heterocycles. The summed E-state index contributed by atoms with van der Waals surface area (Å²) in [6, 6.07) is 9.40. The van der Waals surface area contributed by atoms with E-state index in [0.717, 1.165) is 44.6 Å². The van der Waals surface area contributed by atoms with Crippen LogP contribution in [0.2, 0.25) is 0 Å². The number of hydrogen-bond donors (Lipinski definition) is 5. The van der Waals surface area contributed by atoms with Crippen LogP contribution in [-0.2, 0) is 27.7 Å². The molecule has 11 nitrogen and oxygen atoms in total. The number of hydrogen-bond acceptors (Lipinski definition) is 11. The molecule has 1 aliphatic heterocycles. The predicted octanol–water partition coefficient (Wildman–Crippen LogP) is -3.98. The number of benzene rings is 1. The van der Waals surface area contributed by atoms with E-state index in [2.05, 4.69) is 62.8 Å². The monoisotopic (exact) mass is 605 g/mol. The summed E-state index contributed by atoms with van der Waals surface area (Å²) in [4.78, 5) is 10.3. The van der Waals surface area contributed by atoms with Crippen LogP contribution >= 0.6 is 0 Å². The molecule has 1 fully saturated rings. The van der Waals surface area contributed by atoms with Crippen molar-refractivity contribution in [2.75, 3.05) is 26.2 Å². The molecule has 1 aromatic rings. The third kappa shape index (κ3) is 24.2. The topological polar surface area (TPSA) is 207 Å². The first-order valence-electron chi connectivity index (χ1n) is 12.5. The van der Waals surface area contributed by atoms with E-state index in [9.17, 15) is 9.90 Å².